The van der Waals surface area contributed by atoms with Crippen LogP contribution in [-0.2, 0) is 0 Å². The Morgan fingerprint density at radius 2 is 2.04 bits per heavy atom. The van der Waals surface area contributed by atoms with Gasteiger partial charge in [0.15, 0.2) is 5.11 Å². The summed E-state index contributed by atoms with van der Waals surface area (Å²) >= 11 is 11.2. The van der Waals surface area contributed by atoms with Gasteiger partial charge >= 0.3 is 0 Å². The van der Waals surface area contributed by atoms with Crippen molar-refractivity contribution in [1.82, 2.24) is 16.2 Å². The molecule has 2 rings (SSSR count). The van der Waals surface area contributed by atoms with Crippen LogP contribution in [0.4, 0.5) is 0 Å². The molecule has 3 N–H and O–H groups in total. The predicted molar refractivity (Wildman–Crippen MR) is 95.8 cm³/mol. The number of amides is 1. The van der Waals surface area contributed by atoms with Gasteiger partial charge in [-0.1, -0.05) is 31.4 Å². The summed E-state index contributed by atoms with van der Waals surface area (Å²) in [6.45, 7) is 2.22. The van der Waals surface area contributed by atoms with E-state index in [4.69, 9.17) is 28.6 Å². The Hall–Kier alpha value is -1.53. The molecule has 0 heterocycles. The number of hydrogen-bond donors (Lipinski definition) is 3. The van der Waals surface area contributed by atoms with Crippen LogP contribution in [0.1, 0.15) is 43.0 Å². The lowest BCUT2D eigenvalue weighted by atomic mass is 9.86. The Kier molecular flexibility index (Phi) is 6.47. The van der Waals surface area contributed by atoms with Crippen molar-refractivity contribution in [2.75, 3.05) is 7.11 Å². The Bertz CT molecular complexity index is 582. The standard InChI is InChI=1S/C16H22ClN3O2S/c1-10-5-3-4-6-13(10)18-16(23)20-19-15(21)12-9-11(17)7-8-14(12)22-2/h7-10,13H,3-6H2,1-2H3,(H,19,21)(H2,18,20,23)/t10-,13-/m0/s1. The molecule has 0 radical (unpaired) electrons. The monoisotopic (exact) mass is 355 g/mol. The minimum absolute atomic E-state index is 0.348. The van der Waals surface area contributed by atoms with E-state index in [0.29, 0.717) is 33.4 Å². The zero-order chi connectivity index (χ0) is 16.8. The quantitative estimate of drug-likeness (QED) is 0.574. The van der Waals surface area contributed by atoms with E-state index in [1.807, 2.05) is 0 Å². The first-order valence-electron chi connectivity index (χ1n) is 7.71. The topological polar surface area (TPSA) is 62.4 Å². The third kappa shape index (κ3) is 4.97. The number of thiocarbonyl (C=S) groups is 1. The third-order valence-corrected chi connectivity index (χ3v) is 4.58. The maximum absolute atomic E-state index is 12.2. The number of carbonyl (C=O) groups excluding carboxylic acids is 1. The van der Waals surface area contributed by atoms with Gasteiger partial charge in [0.2, 0.25) is 0 Å². The molecule has 0 unspecified atom stereocenters. The number of rotatable bonds is 3. The maximum Gasteiger partial charge on any atom is 0.273 e. The highest BCUT2D eigenvalue weighted by molar-refractivity contribution is 7.80. The molecule has 5 nitrogen and oxygen atoms in total. The van der Waals surface area contributed by atoms with Crippen LogP contribution >= 0.6 is 23.8 Å². The van der Waals surface area contributed by atoms with E-state index in [-0.39, 0.29) is 5.91 Å². The molecule has 126 valence electrons. The van der Waals surface area contributed by atoms with Crippen LogP contribution in [0.5, 0.6) is 5.75 Å². The van der Waals surface area contributed by atoms with Gasteiger partial charge in [-0.05, 0) is 49.2 Å². The van der Waals surface area contributed by atoms with Gasteiger partial charge in [0.05, 0.1) is 12.7 Å². The fourth-order valence-electron chi connectivity index (χ4n) is 2.77. The Balaban J connectivity index is 1.88. The van der Waals surface area contributed by atoms with Crippen molar-refractivity contribution in [2.45, 2.75) is 38.6 Å². The molecule has 1 aromatic rings. The molecule has 2 atom stereocenters. The first-order valence-corrected chi connectivity index (χ1v) is 8.50. The van der Waals surface area contributed by atoms with Crippen LogP contribution in [0, 0.1) is 5.92 Å². The second kappa shape index (κ2) is 8.36. The highest BCUT2D eigenvalue weighted by Gasteiger charge is 2.22. The summed E-state index contributed by atoms with van der Waals surface area (Å²) in [5, 5.41) is 4.14. The third-order valence-electron chi connectivity index (χ3n) is 4.12. The van der Waals surface area contributed by atoms with Crippen molar-refractivity contribution in [3.8, 4) is 5.75 Å². The molecule has 0 aliphatic heterocycles. The molecular formula is C16H22ClN3O2S. The van der Waals surface area contributed by atoms with E-state index in [9.17, 15) is 4.79 Å². The second-order valence-electron chi connectivity index (χ2n) is 5.77. The van der Waals surface area contributed by atoms with E-state index in [1.165, 1.54) is 26.4 Å². The van der Waals surface area contributed by atoms with Gasteiger partial charge < -0.3 is 10.1 Å². The van der Waals surface area contributed by atoms with E-state index < -0.39 is 0 Å². The smallest absolute Gasteiger partial charge is 0.273 e. The van der Waals surface area contributed by atoms with Gasteiger partial charge in [-0.3, -0.25) is 15.6 Å². The Labute approximate surface area is 147 Å². The number of nitrogens with one attached hydrogen (secondary N) is 3. The molecule has 0 saturated heterocycles. The van der Waals surface area contributed by atoms with Crippen LogP contribution in [0.3, 0.4) is 0 Å². The summed E-state index contributed by atoms with van der Waals surface area (Å²) < 4.78 is 5.17. The lowest BCUT2D eigenvalue weighted by Crippen LogP contribution is -2.51. The summed E-state index contributed by atoms with van der Waals surface area (Å²) in [6, 6.07) is 5.22. The predicted octanol–water partition coefficient (Wildman–Crippen LogP) is 3.04. The molecule has 1 saturated carbocycles. The van der Waals surface area contributed by atoms with Crippen molar-refractivity contribution in [1.29, 1.82) is 0 Å². The van der Waals surface area contributed by atoms with Gasteiger partial charge in [0.1, 0.15) is 5.75 Å². The Morgan fingerprint density at radius 3 is 2.74 bits per heavy atom. The zero-order valence-electron chi connectivity index (χ0n) is 13.3. The summed E-state index contributed by atoms with van der Waals surface area (Å²) in [4.78, 5) is 12.2. The molecule has 23 heavy (non-hydrogen) atoms. The van der Waals surface area contributed by atoms with Crippen LogP contribution in [0.25, 0.3) is 0 Å². The molecule has 1 aromatic carbocycles. The highest BCUT2D eigenvalue weighted by Crippen LogP contribution is 2.24. The van der Waals surface area contributed by atoms with Gasteiger partial charge in [0.25, 0.3) is 5.91 Å². The summed E-state index contributed by atoms with van der Waals surface area (Å²) in [5.74, 6) is 0.672. The van der Waals surface area contributed by atoms with Crippen LogP contribution in [0.2, 0.25) is 5.02 Å². The van der Waals surface area contributed by atoms with Crippen molar-refractivity contribution in [3.63, 3.8) is 0 Å². The van der Waals surface area contributed by atoms with Crippen LogP contribution < -0.4 is 20.9 Å². The fraction of sp³-hybridized carbons (Fsp3) is 0.500. The van der Waals surface area contributed by atoms with Gasteiger partial charge in [0, 0.05) is 11.1 Å². The average molecular weight is 356 g/mol. The van der Waals surface area contributed by atoms with E-state index in [2.05, 4.69) is 23.1 Å². The van der Waals surface area contributed by atoms with Gasteiger partial charge in [-0.2, -0.15) is 0 Å². The number of ether oxygens (including phenoxy) is 1. The highest BCUT2D eigenvalue weighted by atomic mass is 35.5. The molecule has 7 heteroatoms. The fourth-order valence-corrected chi connectivity index (χ4v) is 3.15. The number of hydrogen-bond acceptors (Lipinski definition) is 3. The van der Waals surface area contributed by atoms with Crippen molar-refractivity contribution in [2.24, 2.45) is 5.92 Å². The molecule has 1 amide bonds. The number of hydrazine groups is 1. The van der Waals surface area contributed by atoms with E-state index in [0.717, 1.165) is 6.42 Å². The van der Waals surface area contributed by atoms with Gasteiger partial charge in [-0.25, -0.2) is 0 Å². The lowest BCUT2D eigenvalue weighted by molar-refractivity contribution is 0.0940. The molecule has 1 aliphatic rings. The first-order chi connectivity index (χ1) is 11.0. The van der Waals surface area contributed by atoms with Crippen LogP contribution in [-0.4, -0.2) is 24.2 Å². The maximum atomic E-state index is 12.2. The molecule has 0 spiro atoms. The SMILES string of the molecule is COc1ccc(Cl)cc1C(=O)NNC(=S)N[C@H]1CCCC[C@@H]1C. The lowest BCUT2D eigenvalue weighted by Gasteiger charge is -2.30. The molecule has 0 bridgehead atoms. The second-order valence-corrected chi connectivity index (χ2v) is 6.61. The average Bonchev–Trinajstić information content (AvgIpc) is 2.54. The van der Waals surface area contributed by atoms with E-state index in [1.54, 1.807) is 18.2 Å². The van der Waals surface area contributed by atoms with Crippen molar-refractivity contribution in [3.05, 3.63) is 28.8 Å². The molecule has 1 aliphatic carbocycles. The zero-order valence-corrected chi connectivity index (χ0v) is 14.9. The minimum atomic E-state index is -0.356. The summed E-state index contributed by atoms with van der Waals surface area (Å²) in [5.41, 5.74) is 5.66. The summed E-state index contributed by atoms with van der Waals surface area (Å²) in [6.07, 6.45) is 4.77. The molecule has 1 fully saturated rings. The number of halogens is 1. The minimum Gasteiger partial charge on any atom is -0.496 e. The number of benzene rings is 1. The Morgan fingerprint density at radius 1 is 1.30 bits per heavy atom. The number of methoxy groups -OCH3 is 1. The molecule has 0 aromatic heterocycles. The van der Waals surface area contributed by atoms with Crippen molar-refractivity contribution >= 4 is 34.8 Å². The van der Waals surface area contributed by atoms with Crippen molar-refractivity contribution < 1.29 is 9.53 Å². The van der Waals surface area contributed by atoms with E-state index >= 15 is 0 Å². The van der Waals surface area contributed by atoms with Gasteiger partial charge in [-0.15, -0.1) is 0 Å². The summed E-state index contributed by atoms with van der Waals surface area (Å²) in [7, 11) is 1.50. The van der Waals surface area contributed by atoms with Crippen LogP contribution in [0.15, 0.2) is 18.2 Å². The molecular weight excluding hydrogens is 334 g/mol. The number of carbonyl (C=O) groups is 1. The largest absolute Gasteiger partial charge is 0.496 e. The normalized spacial score (nSPS) is 20.5. The first kappa shape index (κ1) is 17.8.